The molecular formula is C3H10N2O4. The van der Waals surface area contributed by atoms with Crippen molar-refractivity contribution in [3.8, 4) is 0 Å². The predicted octanol–water partition coefficient (Wildman–Crippen LogP) is -0.464. The first-order chi connectivity index (χ1) is 4.04. The van der Waals surface area contributed by atoms with E-state index in [1.807, 2.05) is 0 Å². The summed E-state index contributed by atoms with van der Waals surface area (Å²) >= 11 is 0. The molecule has 0 rings (SSSR count). The van der Waals surface area contributed by atoms with Gasteiger partial charge in [-0.1, -0.05) is 10.5 Å². The Hall–Kier alpha value is -0.240. The second-order valence-electron chi connectivity index (χ2n) is 1.72. The minimum atomic E-state index is -0.736. The fourth-order valence-corrected chi connectivity index (χ4v) is 0.309. The molecule has 0 saturated carbocycles. The van der Waals surface area contributed by atoms with E-state index in [-0.39, 0.29) is 17.0 Å². The van der Waals surface area contributed by atoms with Crippen molar-refractivity contribution in [2.75, 3.05) is 6.54 Å². The van der Waals surface area contributed by atoms with Gasteiger partial charge in [0.05, 0.1) is 12.6 Å². The van der Waals surface area contributed by atoms with Crippen LogP contribution in [0.15, 0.2) is 0 Å². The highest BCUT2D eigenvalue weighted by Gasteiger charge is 2.10. The molecule has 9 heavy (non-hydrogen) atoms. The van der Waals surface area contributed by atoms with Crippen LogP contribution >= 0.6 is 0 Å². The second kappa shape index (κ2) is 3.72. The van der Waals surface area contributed by atoms with Crippen molar-refractivity contribution in [3.63, 3.8) is 0 Å². The van der Waals surface area contributed by atoms with Gasteiger partial charge in [0, 0.05) is 0 Å². The third kappa shape index (κ3) is 4.28. The molecule has 1 atom stereocenters. The molecule has 0 heterocycles. The topological polar surface area (TPSA) is 87.4 Å². The first kappa shape index (κ1) is 8.76. The lowest BCUT2D eigenvalue weighted by Gasteiger charge is -2.16. The molecule has 0 aliphatic rings. The molecule has 0 amide bonds. The average Bonchev–Trinajstić information content (AvgIpc) is 1.63. The SMILES string of the molecule is C[C@@H](CN(O)O)N(O)O. The van der Waals surface area contributed by atoms with Gasteiger partial charge in [0.2, 0.25) is 0 Å². The molecule has 6 nitrogen and oxygen atoms in total. The molecular weight excluding hydrogens is 128 g/mol. The fourth-order valence-electron chi connectivity index (χ4n) is 0.309. The maximum Gasteiger partial charge on any atom is 0.0770 e. The van der Waals surface area contributed by atoms with Gasteiger partial charge in [-0.3, -0.25) is 20.8 Å². The van der Waals surface area contributed by atoms with Crippen LogP contribution in [0.25, 0.3) is 0 Å². The van der Waals surface area contributed by atoms with Gasteiger partial charge in [-0.2, -0.15) is 0 Å². The minimum absolute atomic E-state index is 0.0978. The van der Waals surface area contributed by atoms with Crippen LogP contribution in [0.3, 0.4) is 0 Å². The predicted molar refractivity (Wildman–Crippen MR) is 25.2 cm³/mol. The molecule has 0 aromatic carbocycles. The van der Waals surface area contributed by atoms with Crippen LogP contribution in [0.4, 0.5) is 0 Å². The summed E-state index contributed by atoms with van der Waals surface area (Å²) in [5.41, 5.74) is 0. The van der Waals surface area contributed by atoms with Gasteiger partial charge in [0.1, 0.15) is 0 Å². The highest BCUT2D eigenvalue weighted by atomic mass is 16.8. The Morgan fingerprint density at radius 3 is 1.78 bits per heavy atom. The third-order valence-corrected chi connectivity index (χ3v) is 0.822. The summed E-state index contributed by atoms with van der Waals surface area (Å²) in [6.07, 6.45) is 0. The van der Waals surface area contributed by atoms with E-state index in [2.05, 4.69) is 0 Å². The molecule has 0 radical (unpaired) electrons. The average molecular weight is 138 g/mol. The van der Waals surface area contributed by atoms with Crippen LogP contribution in [0, 0.1) is 0 Å². The molecule has 56 valence electrons. The highest BCUT2D eigenvalue weighted by Crippen LogP contribution is 1.90. The Morgan fingerprint density at radius 2 is 1.67 bits per heavy atom. The first-order valence-corrected chi connectivity index (χ1v) is 2.36. The molecule has 0 spiro atoms. The van der Waals surface area contributed by atoms with Crippen molar-refractivity contribution >= 4 is 0 Å². The van der Waals surface area contributed by atoms with E-state index in [0.29, 0.717) is 0 Å². The maximum atomic E-state index is 8.21. The van der Waals surface area contributed by atoms with E-state index >= 15 is 0 Å². The Balaban J connectivity index is 3.38. The van der Waals surface area contributed by atoms with E-state index in [1.165, 1.54) is 6.92 Å². The lowest BCUT2D eigenvalue weighted by molar-refractivity contribution is -0.364. The van der Waals surface area contributed by atoms with Crippen molar-refractivity contribution < 1.29 is 20.8 Å². The molecule has 0 aliphatic carbocycles. The van der Waals surface area contributed by atoms with Gasteiger partial charge >= 0.3 is 0 Å². The number of hydroxylamine groups is 4. The Morgan fingerprint density at radius 1 is 1.22 bits per heavy atom. The summed E-state index contributed by atoms with van der Waals surface area (Å²) in [5, 5.41) is 32.4. The number of hydrogen-bond acceptors (Lipinski definition) is 6. The van der Waals surface area contributed by atoms with Crippen LogP contribution in [0.1, 0.15) is 6.92 Å². The van der Waals surface area contributed by atoms with Gasteiger partial charge in [0.15, 0.2) is 0 Å². The standard InChI is InChI=1S/C3H10N2O4/c1-3(5(8)9)2-4(6)7/h3,6-9H,2H2,1H3/t3-/m0/s1. The van der Waals surface area contributed by atoms with Crippen molar-refractivity contribution in [2.24, 2.45) is 0 Å². The van der Waals surface area contributed by atoms with Crippen LogP contribution in [0.2, 0.25) is 0 Å². The first-order valence-electron chi connectivity index (χ1n) is 2.36. The van der Waals surface area contributed by atoms with Crippen LogP contribution < -0.4 is 0 Å². The zero-order valence-corrected chi connectivity index (χ0v) is 4.97. The van der Waals surface area contributed by atoms with Gasteiger partial charge < -0.3 is 0 Å². The Bertz CT molecular complexity index is 76.2. The summed E-state index contributed by atoms with van der Waals surface area (Å²) in [6, 6.07) is -0.736. The third-order valence-electron chi connectivity index (χ3n) is 0.822. The van der Waals surface area contributed by atoms with Gasteiger partial charge in [-0.25, -0.2) is 0 Å². The van der Waals surface area contributed by atoms with E-state index in [1.54, 1.807) is 0 Å². The molecule has 6 heteroatoms. The summed E-state index contributed by atoms with van der Waals surface area (Å²) in [4.78, 5) is 0. The second-order valence-corrected chi connectivity index (χ2v) is 1.72. The number of nitrogens with zero attached hydrogens (tertiary/aromatic N) is 2. The quantitative estimate of drug-likeness (QED) is 0.394. The zero-order chi connectivity index (χ0) is 7.44. The Labute approximate surface area is 52.0 Å². The van der Waals surface area contributed by atoms with Crippen molar-refractivity contribution in [1.82, 2.24) is 10.5 Å². The monoisotopic (exact) mass is 138 g/mol. The number of rotatable bonds is 3. The number of hydrogen-bond donors (Lipinski definition) is 4. The molecule has 4 N–H and O–H groups in total. The molecule has 0 fully saturated rings. The van der Waals surface area contributed by atoms with Gasteiger partial charge in [-0.15, -0.1) is 0 Å². The molecule has 0 unspecified atom stereocenters. The van der Waals surface area contributed by atoms with E-state index in [4.69, 9.17) is 20.8 Å². The molecule has 0 saturated heterocycles. The van der Waals surface area contributed by atoms with Crippen molar-refractivity contribution in [1.29, 1.82) is 0 Å². The molecule has 0 aliphatic heterocycles. The summed E-state index contributed by atoms with van der Waals surface area (Å²) < 4.78 is 0. The fraction of sp³-hybridized carbons (Fsp3) is 1.00. The molecule has 0 aromatic rings. The molecule has 0 aromatic heterocycles. The summed E-state index contributed by atoms with van der Waals surface area (Å²) in [6.45, 7) is 1.15. The van der Waals surface area contributed by atoms with Crippen LogP contribution in [-0.2, 0) is 0 Å². The normalized spacial score (nSPS) is 15.0. The summed E-state index contributed by atoms with van der Waals surface area (Å²) in [5.74, 6) is 0. The van der Waals surface area contributed by atoms with Crippen LogP contribution in [-0.4, -0.2) is 43.9 Å². The Kier molecular flexibility index (Phi) is 3.62. The van der Waals surface area contributed by atoms with Crippen LogP contribution in [0.5, 0.6) is 0 Å². The largest absolute Gasteiger partial charge is 0.290 e. The lowest BCUT2D eigenvalue weighted by Crippen LogP contribution is -2.36. The van der Waals surface area contributed by atoms with Crippen molar-refractivity contribution in [3.05, 3.63) is 0 Å². The zero-order valence-electron chi connectivity index (χ0n) is 4.97. The maximum absolute atomic E-state index is 8.21. The smallest absolute Gasteiger partial charge is 0.0770 e. The highest BCUT2D eigenvalue weighted by molar-refractivity contribution is 4.50. The minimum Gasteiger partial charge on any atom is -0.290 e. The van der Waals surface area contributed by atoms with E-state index in [9.17, 15) is 0 Å². The van der Waals surface area contributed by atoms with E-state index in [0.717, 1.165) is 0 Å². The summed E-state index contributed by atoms with van der Waals surface area (Å²) in [7, 11) is 0. The molecule has 0 bridgehead atoms. The van der Waals surface area contributed by atoms with E-state index < -0.39 is 6.04 Å². The van der Waals surface area contributed by atoms with Crippen molar-refractivity contribution in [2.45, 2.75) is 13.0 Å². The lowest BCUT2D eigenvalue weighted by atomic mass is 10.4. The van der Waals surface area contributed by atoms with Gasteiger partial charge in [0.25, 0.3) is 0 Å². The van der Waals surface area contributed by atoms with Gasteiger partial charge in [-0.05, 0) is 6.92 Å².